The summed E-state index contributed by atoms with van der Waals surface area (Å²) < 4.78 is 13.0. The lowest BCUT2D eigenvalue weighted by Crippen LogP contribution is -2.13. The van der Waals surface area contributed by atoms with E-state index in [-0.39, 0.29) is 11.9 Å². The second-order valence-corrected chi connectivity index (χ2v) is 5.43. The molecule has 0 saturated heterocycles. The van der Waals surface area contributed by atoms with Crippen LogP contribution in [-0.4, -0.2) is 0 Å². The number of benzene rings is 3. The molecule has 1 atom stereocenters. The number of rotatable bonds is 4. The van der Waals surface area contributed by atoms with Crippen molar-refractivity contribution in [3.05, 3.63) is 95.8 Å². The standard InChI is InChI=1S/C20H18FN/c21-19-12-10-17(11-13-19)16-8-6-15(7-9-16)14-20(22)18-4-2-1-3-5-18/h1-13,20H,14,22H2. The molecule has 2 N–H and O–H groups in total. The topological polar surface area (TPSA) is 26.0 Å². The Morgan fingerprint density at radius 1 is 0.727 bits per heavy atom. The average Bonchev–Trinajstić information content (AvgIpc) is 2.57. The van der Waals surface area contributed by atoms with Crippen molar-refractivity contribution in [1.82, 2.24) is 0 Å². The first-order valence-electron chi connectivity index (χ1n) is 7.38. The molecule has 0 aliphatic rings. The van der Waals surface area contributed by atoms with E-state index in [1.165, 1.54) is 17.7 Å². The summed E-state index contributed by atoms with van der Waals surface area (Å²) in [5.41, 5.74) is 10.7. The third kappa shape index (κ3) is 3.41. The van der Waals surface area contributed by atoms with Crippen LogP contribution in [0.25, 0.3) is 11.1 Å². The van der Waals surface area contributed by atoms with E-state index in [1.807, 2.05) is 18.2 Å². The zero-order valence-corrected chi connectivity index (χ0v) is 12.2. The Kier molecular flexibility index (Phi) is 4.31. The Labute approximate surface area is 130 Å². The maximum Gasteiger partial charge on any atom is 0.123 e. The third-order valence-corrected chi connectivity index (χ3v) is 3.81. The molecular weight excluding hydrogens is 273 g/mol. The predicted molar refractivity (Wildman–Crippen MR) is 88.9 cm³/mol. The second kappa shape index (κ2) is 6.54. The number of hydrogen-bond acceptors (Lipinski definition) is 1. The van der Waals surface area contributed by atoms with Gasteiger partial charge in [-0.05, 0) is 40.8 Å². The fourth-order valence-electron chi connectivity index (χ4n) is 2.55. The highest BCUT2D eigenvalue weighted by Crippen LogP contribution is 2.22. The lowest BCUT2D eigenvalue weighted by atomic mass is 9.97. The van der Waals surface area contributed by atoms with Crippen molar-refractivity contribution in [2.75, 3.05) is 0 Å². The highest BCUT2D eigenvalue weighted by Gasteiger charge is 2.07. The number of nitrogens with two attached hydrogens (primary N) is 1. The van der Waals surface area contributed by atoms with Gasteiger partial charge in [0.05, 0.1) is 0 Å². The summed E-state index contributed by atoms with van der Waals surface area (Å²) in [7, 11) is 0. The zero-order chi connectivity index (χ0) is 15.4. The summed E-state index contributed by atoms with van der Waals surface area (Å²) in [6.07, 6.45) is 0.799. The van der Waals surface area contributed by atoms with Crippen LogP contribution in [0.15, 0.2) is 78.9 Å². The van der Waals surface area contributed by atoms with Gasteiger partial charge in [-0.1, -0.05) is 66.7 Å². The van der Waals surface area contributed by atoms with Crippen LogP contribution in [0.2, 0.25) is 0 Å². The van der Waals surface area contributed by atoms with Gasteiger partial charge in [0, 0.05) is 6.04 Å². The minimum atomic E-state index is -0.214. The van der Waals surface area contributed by atoms with E-state index in [0.29, 0.717) is 0 Å². The van der Waals surface area contributed by atoms with Crippen molar-refractivity contribution in [2.45, 2.75) is 12.5 Å². The van der Waals surface area contributed by atoms with Crippen molar-refractivity contribution in [3.8, 4) is 11.1 Å². The zero-order valence-electron chi connectivity index (χ0n) is 12.2. The van der Waals surface area contributed by atoms with Crippen molar-refractivity contribution in [2.24, 2.45) is 5.73 Å². The van der Waals surface area contributed by atoms with Gasteiger partial charge in [0.1, 0.15) is 5.82 Å². The van der Waals surface area contributed by atoms with Gasteiger partial charge in [0.15, 0.2) is 0 Å². The summed E-state index contributed by atoms with van der Waals surface area (Å²) >= 11 is 0. The Morgan fingerprint density at radius 3 is 1.86 bits per heavy atom. The molecule has 0 heterocycles. The van der Waals surface area contributed by atoms with E-state index in [2.05, 4.69) is 36.4 Å². The first-order chi connectivity index (χ1) is 10.7. The molecule has 1 unspecified atom stereocenters. The number of halogens is 1. The molecule has 3 rings (SSSR count). The second-order valence-electron chi connectivity index (χ2n) is 5.43. The molecule has 3 aromatic carbocycles. The molecule has 0 fully saturated rings. The highest BCUT2D eigenvalue weighted by atomic mass is 19.1. The minimum absolute atomic E-state index is 0.00197. The molecule has 0 aliphatic carbocycles. The van der Waals surface area contributed by atoms with E-state index < -0.39 is 0 Å². The van der Waals surface area contributed by atoms with Gasteiger partial charge < -0.3 is 5.73 Å². The molecule has 0 bridgehead atoms. The Bertz CT molecular complexity index is 718. The summed E-state index contributed by atoms with van der Waals surface area (Å²) in [5, 5.41) is 0. The van der Waals surface area contributed by atoms with E-state index in [4.69, 9.17) is 5.73 Å². The summed E-state index contributed by atoms with van der Waals surface area (Å²) in [6, 6.07) is 24.9. The van der Waals surface area contributed by atoms with Crippen LogP contribution in [-0.2, 0) is 6.42 Å². The molecule has 0 saturated carbocycles. The minimum Gasteiger partial charge on any atom is -0.324 e. The van der Waals surface area contributed by atoms with Crippen LogP contribution in [0.1, 0.15) is 17.2 Å². The number of hydrogen-bond donors (Lipinski definition) is 1. The maximum atomic E-state index is 13.0. The molecule has 0 amide bonds. The van der Waals surface area contributed by atoms with Crippen molar-refractivity contribution < 1.29 is 4.39 Å². The van der Waals surface area contributed by atoms with Crippen LogP contribution >= 0.6 is 0 Å². The molecule has 2 heteroatoms. The Morgan fingerprint density at radius 2 is 1.27 bits per heavy atom. The van der Waals surface area contributed by atoms with Crippen LogP contribution in [0.3, 0.4) is 0 Å². The van der Waals surface area contributed by atoms with E-state index in [0.717, 1.165) is 23.1 Å². The van der Waals surface area contributed by atoms with Gasteiger partial charge in [-0.25, -0.2) is 4.39 Å². The molecule has 3 aromatic rings. The summed E-state index contributed by atoms with van der Waals surface area (Å²) in [5.74, 6) is -0.214. The quantitative estimate of drug-likeness (QED) is 0.738. The van der Waals surface area contributed by atoms with Crippen LogP contribution in [0.4, 0.5) is 4.39 Å². The van der Waals surface area contributed by atoms with E-state index in [1.54, 1.807) is 12.1 Å². The van der Waals surface area contributed by atoms with Crippen LogP contribution < -0.4 is 5.73 Å². The molecule has 0 radical (unpaired) electrons. The lowest BCUT2D eigenvalue weighted by molar-refractivity contribution is 0.628. The molecule has 1 nitrogen and oxygen atoms in total. The molecule has 0 aliphatic heterocycles. The molecule has 0 aromatic heterocycles. The predicted octanol–water partition coefficient (Wildman–Crippen LogP) is 4.74. The Hall–Kier alpha value is -2.45. The van der Waals surface area contributed by atoms with Crippen molar-refractivity contribution in [3.63, 3.8) is 0 Å². The smallest absolute Gasteiger partial charge is 0.123 e. The van der Waals surface area contributed by atoms with Gasteiger partial charge in [-0.2, -0.15) is 0 Å². The SMILES string of the molecule is NC(Cc1ccc(-c2ccc(F)cc2)cc1)c1ccccc1. The third-order valence-electron chi connectivity index (χ3n) is 3.81. The monoisotopic (exact) mass is 291 g/mol. The van der Waals surface area contributed by atoms with Crippen LogP contribution in [0, 0.1) is 5.82 Å². The van der Waals surface area contributed by atoms with Gasteiger partial charge in [-0.15, -0.1) is 0 Å². The van der Waals surface area contributed by atoms with E-state index in [9.17, 15) is 4.39 Å². The van der Waals surface area contributed by atoms with Gasteiger partial charge in [-0.3, -0.25) is 0 Å². The summed E-state index contributed by atoms with van der Waals surface area (Å²) in [6.45, 7) is 0. The lowest BCUT2D eigenvalue weighted by Gasteiger charge is -2.12. The first kappa shape index (κ1) is 14.5. The van der Waals surface area contributed by atoms with Crippen molar-refractivity contribution in [1.29, 1.82) is 0 Å². The fraction of sp³-hybridized carbons (Fsp3) is 0.100. The van der Waals surface area contributed by atoms with Crippen molar-refractivity contribution >= 4 is 0 Å². The normalized spacial score (nSPS) is 12.1. The highest BCUT2D eigenvalue weighted by molar-refractivity contribution is 5.63. The van der Waals surface area contributed by atoms with Crippen LogP contribution in [0.5, 0.6) is 0 Å². The average molecular weight is 291 g/mol. The summed E-state index contributed by atoms with van der Waals surface area (Å²) in [4.78, 5) is 0. The van der Waals surface area contributed by atoms with Gasteiger partial charge >= 0.3 is 0 Å². The molecular formula is C20H18FN. The van der Waals surface area contributed by atoms with Gasteiger partial charge in [0.25, 0.3) is 0 Å². The van der Waals surface area contributed by atoms with Gasteiger partial charge in [0.2, 0.25) is 0 Å². The van der Waals surface area contributed by atoms with E-state index >= 15 is 0 Å². The fourth-order valence-corrected chi connectivity index (χ4v) is 2.55. The molecule has 22 heavy (non-hydrogen) atoms. The maximum absolute atomic E-state index is 13.0. The molecule has 0 spiro atoms. The largest absolute Gasteiger partial charge is 0.324 e. The first-order valence-corrected chi connectivity index (χ1v) is 7.38. The Balaban J connectivity index is 1.73. The molecule has 110 valence electrons.